The Morgan fingerprint density at radius 3 is 2.59 bits per heavy atom. The molecule has 0 atom stereocenters. The van der Waals surface area contributed by atoms with E-state index in [1.807, 2.05) is 18.2 Å². The molecule has 1 aliphatic rings. The van der Waals surface area contributed by atoms with E-state index in [0.29, 0.717) is 25.7 Å². The lowest BCUT2D eigenvalue weighted by atomic mass is 10.1. The molecule has 0 radical (unpaired) electrons. The van der Waals surface area contributed by atoms with Gasteiger partial charge in [-0.2, -0.15) is 0 Å². The maximum Gasteiger partial charge on any atom is 0.195 e. The summed E-state index contributed by atoms with van der Waals surface area (Å²) in [7, 11) is 5.88. The summed E-state index contributed by atoms with van der Waals surface area (Å²) in [6.07, 6.45) is 0.894. The first kappa shape index (κ1) is 18.9. The van der Waals surface area contributed by atoms with Gasteiger partial charge < -0.3 is 25.0 Å². The maximum absolute atomic E-state index is 5.76. The quantitative estimate of drug-likeness (QED) is 0.640. The highest BCUT2D eigenvalue weighted by Crippen LogP contribution is 2.32. The van der Waals surface area contributed by atoms with E-state index >= 15 is 0 Å². The summed E-state index contributed by atoms with van der Waals surface area (Å²) in [4.78, 5) is 6.46. The minimum Gasteiger partial charge on any atom is -0.490 e. The van der Waals surface area contributed by atoms with E-state index < -0.39 is 0 Å². The van der Waals surface area contributed by atoms with Crippen molar-refractivity contribution in [3.8, 4) is 11.5 Å². The Bertz CT molecular complexity index is 818. The van der Waals surface area contributed by atoms with Crippen LogP contribution in [0.4, 0.5) is 11.4 Å². The third kappa shape index (κ3) is 4.84. The summed E-state index contributed by atoms with van der Waals surface area (Å²) in [5.74, 6) is 2.26. The van der Waals surface area contributed by atoms with Gasteiger partial charge in [0.15, 0.2) is 17.5 Å². The largest absolute Gasteiger partial charge is 0.490 e. The molecule has 0 aliphatic carbocycles. The van der Waals surface area contributed by atoms with E-state index in [1.54, 1.807) is 7.05 Å². The van der Waals surface area contributed by atoms with Crippen molar-refractivity contribution in [3.05, 3.63) is 47.5 Å². The van der Waals surface area contributed by atoms with Gasteiger partial charge in [-0.3, -0.25) is 4.99 Å². The minimum atomic E-state index is 0.671. The van der Waals surface area contributed by atoms with Gasteiger partial charge in [-0.15, -0.1) is 0 Å². The molecule has 2 aromatic rings. The average Bonchev–Trinajstić information content (AvgIpc) is 2.90. The lowest BCUT2D eigenvalue weighted by Gasteiger charge is -2.20. The summed E-state index contributed by atoms with van der Waals surface area (Å²) in [6, 6.07) is 12.3. The van der Waals surface area contributed by atoms with Crippen LogP contribution in [0.1, 0.15) is 17.5 Å². The second-order valence-corrected chi connectivity index (χ2v) is 6.79. The fourth-order valence-electron chi connectivity index (χ4n) is 2.98. The molecule has 0 unspecified atom stereocenters. The van der Waals surface area contributed by atoms with Crippen molar-refractivity contribution < 1.29 is 9.47 Å². The van der Waals surface area contributed by atoms with Crippen molar-refractivity contribution in [1.29, 1.82) is 0 Å². The Hall–Kier alpha value is -2.89. The molecule has 144 valence electrons. The number of hydrogen-bond acceptors (Lipinski definition) is 4. The second-order valence-electron chi connectivity index (χ2n) is 6.79. The number of hydrogen-bond donors (Lipinski definition) is 2. The Balaban J connectivity index is 1.68. The number of benzene rings is 2. The van der Waals surface area contributed by atoms with Crippen molar-refractivity contribution in [2.24, 2.45) is 4.99 Å². The van der Waals surface area contributed by atoms with Crippen LogP contribution >= 0.6 is 0 Å². The van der Waals surface area contributed by atoms with Crippen LogP contribution in [-0.4, -0.2) is 40.3 Å². The summed E-state index contributed by atoms with van der Waals surface area (Å²) >= 11 is 0. The van der Waals surface area contributed by atoms with E-state index in [-0.39, 0.29) is 0 Å². The second kappa shape index (κ2) is 8.66. The monoisotopic (exact) mass is 368 g/mol. The summed E-state index contributed by atoms with van der Waals surface area (Å²) in [5.41, 5.74) is 4.57. The molecule has 0 amide bonds. The van der Waals surface area contributed by atoms with Crippen LogP contribution in [0.25, 0.3) is 0 Å². The molecule has 0 aromatic heterocycles. The number of nitrogens with zero attached hydrogens (tertiary/aromatic N) is 2. The molecule has 1 heterocycles. The van der Waals surface area contributed by atoms with Crippen LogP contribution in [0.5, 0.6) is 11.5 Å². The van der Waals surface area contributed by atoms with Crippen molar-refractivity contribution in [3.63, 3.8) is 0 Å². The Morgan fingerprint density at radius 1 is 1.07 bits per heavy atom. The highest BCUT2D eigenvalue weighted by molar-refractivity contribution is 5.93. The van der Waals surface area contributed by atoms with Gasteiger partial charge in [-0.05, 0) is 36.2 Å². The highest BCUT2D eigenvalue weighted by Gasteiger charge is 2.12. The van der Waals surface area contributed by atoms with E-state index in [2.05, 4.69) is 59.7 Å². The summed E-state index contributed by atoms with van der Waals surface area (Å²) < 4.78 is 11.4. The number of fused-ring (bicyclic) bond motifs is 1. The third-order valence-corrected chi connectivity index (χ3v) is 4.40. The maximum atomic E-state index is 5.76. The van der Waals surface area contributed by atoms with Gasteiger partial charge in [-0.1, -0.05) is 12.1 Å². The first-order valence-electron chi connectivity index (χ1n) is 9.21. The zero-order chi connectivity index (χ0) is 19.2. The summed E-state index contributed by atoms with van der Waals surface area (Å²) in [6.45, 7) is 4.14. The molecule has 6 heteroatoms. The molecule has 6 nitrogen and oxygen atoms in total. The van der Waals surface area contributed by atoms with Crippen molar-refractivity contribution in [2.45, 2.75) is 19.9 Å². The van der Waals surface area contributed by atoms with Crippen molar-refractivity contribution >= 4 is 17.3 Å². The predicted octanol–water partition coefficient (Wildman–Crippen LogP) is 3.41. The van der Waals surface area contributed by atoms with Gasteiger partial charge in [-0.25, -0.2) is 0 Å². The van der Waals surface area contributed by atoms with Crippen LogP contribution in [0.15, 0.2) is 41.4 Å². The molecule has 0 bridgehead atoms. The van der Waals surface area contributed by atoms with E-state index in [4.69, 9.17) is 9.47 Å². The molecule has 0 fully saturated rings. The lowest BCUT2D eigenvalue weighted by molar-refractivity contribution is 0.297. The number of aryl methyl sites for hydroxylation is 1. The highest BCUT2D eigenvalue weighted by atomic mass is 16.5. The van der Waals surface area contributed by atoms with Gasteiger partial charge in [0.1, 0.15) is 0 Å². The molecule has 2 aromatic carbocycles. The Labute approximate surface area is 161 Å². The van der Waals surface area contributed by atoms with Gasteiger partial charge in [0.25, 0.3) is 0 Å². The number of anilines is 2. The van der Waals surface area contributed by atoms with E-state index in [0.717, 1.165) is 23.6 Å². The lowest BCUT2D eigenvalue weighted by Crippen LogP contribution is -2.30. The molecular weight excluding hydrogens is 340 g/mol. The third-order valence-electron chi connectivity index (χ3n) is 4.40. The van der Waals surface area contributed by atoms with Crippen LogP contribution in [-0.2, 0) is 6.54 Å². The molecule has 0 saturated heterocycles. The van der Waals surface area contributed by atoms with Gasteiger partial charge in [0.05, 0.1) is 13.2 Å². The smallest absolute Gasteiger partial charge is 0.195 e. The van der Waals surface area contributed by atoms with Crippen molar-refractivity contribution in [2.75, 3.05) is 44.6 Å². The molecule has 0 spiro atoms. The molecular formula is C21H28N4O2. The number of nitrogens with one attached hydrogen (secondary N) is 2. The fraction of sp³-hybridized carbons (Fsp3) is 0.381. The normalized spacial score (nSPS) is 13.7. The SMILES string of the molecule is CN=C(NCc1ccc(C)cc1N(C)C)Nc1ccc2c(c1)OCCCO2. The molecule has 0 saturated carbocycles. The summed E-state index contributed by atoms with van der Waals surface area (Å²) in [5, 5.41) is 6.70. The first-order valence-corrected chi connectivity index (χ1v) is 9.21. The number of ether oxygens (including phenoxy) is 2. The van der Waals surface area contributed by atoms with E-state index in [1.165, 1.54) is 16.8 Å². The van der Waals surface area contributed by atoms with Crippen LogP contribution < -0.4 is 25.0 Å². The van der Waals surface area contributed by atoms with Crippen LogP contribution in [0.3, 0.4) is 0 Å². The van der Waals surface area contributed by atoms with Gasteiger partial charge in [0.2, 0.25) is 0 Å². The van der Waals surface area contributed by atoms with Gasteiger partial charge in [0, 0.05) is 51.5 Å². The zero-order valence-electron chi connectivity index (χ0n) is 16.5. The molecule has 27 heavy (non-hydrogen) atoms. The topological polar surface area (TPSA) is 58.1 Å². The van der Waals surface area contributed by atoms with Crippen LogP contribution in [0.2, 0.25) is 0 Å². The van der Waals surface area contributed by atoms with Crippen LogP contribution in [0, 0.1) is 6.92 Å². The Morgan fingerprint density at radius 2 is 1.85 bits per heavy atom. The average molecular weight is 368 g/mol. The number of rotatable bonds is 4. The molecule has 3 rings (SSSR count). The minimum absolute atomic E-state index is 0.671. The zero-order valence-corrected chi connectivity index (χ0v) is 16.5. The van der Waals surface area contributed by atoms with Crippen molar-refractivity contribution in [1.82, 2.24) is 5.32 Å². The number of guanidine groups is 1. The Kier molecular flexibility index (Phi) is 6.06. The standard InChI is InChI=1S/C21H28N4O2/c1-15-6-7-16(18(12-15)25(3)4)14-23-21(22-2)24-17-8-9-19-20(13-17)27-11-5-10-26-19/h6-9,12-13H,5,10-11,14H2,1-4H3,(H2,22,23,24). The first-order chi connectivity index (χ1) is 13.1. The fourth-order valence-corrected chi connectivity index (χ4v) is 2.98. The van der Waals surface area contributed by atoms with Gasteiger partial charge >= 0.3 is 0 Å². The molecule has 1 aliphatic heterocycles. The predicted molar refractivity (Wildman–Crippen MR) is 111 cm³/mol. The number of aliphatic imine (C=N–C) groups is 1. The molecule has 2 N–H and O–H groups in total. The van der Waals surface area contributed by atoms with E-state index in [9.17, 15) is 0 Å².